The van der Waals surface area contributed by atoms with E-state index in [2.05, 4.69) is 22.1 Å². The van der Waals surface area contributed by atoms with E-state index >= 15 is 0 Å². The predicted molar refractivity (Wildman–Crippen MR) is 112 cm³/mol. The molecule has 0 fully saturated rings. The van der Waals surface area contributed by atoms with E-state index in [1.165, 1.54) is 0 Å². The van der Waals surface area contributed by atoms with E-state index in [9.17, 15) is 4.79 Å². The third kappa shape index (κ3) is 27.3. The van der Waals surface area contributed by atoms with Crippen molar-refractivity contribution >= 4 is 6.29 Å². The van der Waals surface area contributed by atoms with E-state index in [1.54, 1.807) is 0 Å². The molecule has 0 aromatic heterocycles. The van der Waals surface area contributed by atoms with Gasteiger partial charge < -0.3 is 15.0 Å². The summed E-state index contributed by atoms with van der Waals surface area (Å²) in [6.45, 7) is 13.5. The minimum atomic E-state index is 0.583. The van der Waals surface area contributed by atoms with Crippen molar-refractivity contribution in [3.05, 3.63) is 29.8 Å². The van der Waals surface area contributed by atoms with Crippen LogP contribution in [0, 0.1) is 11.8 Å². The molecular weight excluding hydrogens is 312 g/mol. The number of hydrogen-bond acceptors (Lipinski definition) is 4. The van der Waals surface area contributed by atoms with Gasteiger partial charge in [-0.25, -0.2) is 0 Å². The molecule has 0 unspecified atom stereocenters. The molecule has 0 atom stereocenters. The molecule has 0 spiro atoms. The Morgan fingerprint density at radius 1 is 1.08 bits per heavy atom. The Morgan fingerprint density at radius 3 is 2.04 bits per heavy atom. The zero-order valence-electron chi connectivity index (χ0n) is 18.1. The maximum atomic E-state index is 10.1. The van der Waals surface area contributed by atoms with Crippen molar-refractivity contribution in [1.29, 1.82) is 0 Å². The second kappa shape index (κ2) is 30.1. The number of likely N-dealkylation sites (N-methyl/N-ethyl adjacent to an activating group) is 1. The van der Waals surface area contributed by atoms with Gasteiger partial charge in [-0.05, 0) is 52.3 Å². The van der Waals surface area contributed by atoms with Crippen LogP contribution < -0.4 is 10.1 Å². The number of carbonyl (C=O) groups is 1. The zero-order chi connectivity index (χ0) is 20.5. The summed E-state index contributed by atoms with van der Waals surface area (Å²) in [5.74, 6) is 5.87. The van der Waals surface area contributed by atoms with Gasteiger partial charge in [-0.1, -0.05) is 53.5 Å². The molecule has 0 radical (unpaired) electrons. The number of aldehydes is 1. The maximum absolute atomic E-state index is 10.1. The van der Waals surface area contributed by atoms with Gasteiger partial charge in [0.05, 0.1) is 0 Å². The molecule has 1 rings (SSSR count). The molecule has 1 aromatic carbocycles. The lowest BCUT2D eigenvalue weighted by Gasteiger charge is -2.10. The van der Waals surface area contributed by atoms with E-state index < -0.39 is 0 Å². The number of hydrogen-bond donors (Lipinski definition) is 1. The van der Waals surface area contributed by atoms with Gasteiger partial charge in [-0.15, -0.1) is 0 Å². The summed E-state index contributed by atoms with van der Waals surface area (Å²) in [6.07, 6.45) is 0.583. The van der Waals surface area contributed by atoms with Crippen LogP contribution in [0.1, 0.15) is 47.1 Å². The molecule has 0 aliphatic carbocycles. The van der Waals surface area contributed by atoms with Crippen molar-refractivity contribution in [3.8, 4) is 17.6 Å². The summed E-state index contributed by atoms with van der Waals surface area (Å²) < 4.78 is 5.54. The number of benzene rings is 1. The molecule has 1 N–H and O–H groups in total. The minimum absolute atomic E-state index is 0.583. The number of carbonyl (C=O) groups excluding carboxylic acids is 1. The van der Waals surface area contributed by atoms with Crippen LogP contribution in [0.25, 0.3) is 0 Å². The Labute approximate surface area is 157 Å². The van der Waals surface area contributed by atoms with Crippen molar-refractivity contribution in [2.24, 2.45) is 0 Å². The molecule has 25 heavy (non-hydrogen) atoms. The highest BCUT2D eigenvalue weighted by molar-refractivity contribution is 5.74. The van der Waals surface area contributed by atoms with Crippen molar-refractivity contribution in [2.75, 3.05) is 41.3 Å². The first kappa shape index (κ1) is 31.0. The highest BCUT2D eigenvalue weighted by Crippen LogP contribution is 2.12. The Hall–Kier alpha value is -1.83. The third-order valence-electron chi connectivity index (χ3n) is 1.92. The number of nitrogens with zero attached hydrogens (tertiary/aromatic N) is 1. The molecule has 1 aromatic rings. The van der Waals surface area contributed by atoms with Crippen LogP contribution in [-0.4, -0.2) is 52.5 Å². The van der Waals surface area contributed by atoms with Gasteiger partial charge in [-0.3, -0.25) is 4.79 Å². The Bertz CT molecular complexity index is 421. The lowest BCUT2D eigenvalue weighted by atomic mass is 10.2. The molecule has 0 saturated heterocycles. The maximum Gasteiger partial charge on any atom is 0.193 e. The van der Waals surface area contributed by atoms with Gasteiger partial charge >= 0.3 is 0 Å². The third-order valence-corrected chi connectivity index (χ3v) is 1.92. The van der Waals surface area contributed by atoms with Crippen LogP contribution in [0.3, 0.4) is 0 Å². The molecule has 146 valence electrons. The number of ether oxygens (including phenoxy) is 1. The van der Waals surface area contributed by atoms with Crippen LogP contribution in [0.15, 0.2) is 24.3 Å². The van der Waals surface area contributed by atoms with E-state index in [1.807, 2.05) is 94.0 Å². The fraction of sp³-hybridized carbons (Fsp3) is 0.571. The SMILES string of the molecule is CC.CC.CC.CN(C)CCOc1cccc(C#CC=O)c1.CNC. The molecule has 0 aliphatic rings. The lowest BCUT2D eigenvalue weighted by Crippen LogP contribution is -2.19. The van der Waals surface area contributed by atoms with Crippen LogP contribution in [0.4, 0.5) is 0 Å². The highest BCUT2D eigenvalue weighted by atomic mass is 16.5. The van der Waals surface area contributed by atoms with Gasteiger partial charge in [0.15, 0.2) is 6.29 Å². The van der Waals surface area contributed by atoms with Gasteiger partial charge in [-0.2, -0.15) is 0 Å². The van der Waals surface area contributed by atoms with Crippen molar-refractivity contribution in [2.45, 2.75) is 41.5 Å². The fourth-order valence-corrected chi connectivity index (χ4v) is 1.12. The van der Waals surface area contributed by atoms with Crippen molar-refractivity contribution in [1.82, 2.24) is 10.2 Å². The molecule has 4 nitrogen and oxygen atoms in total. The Balaban J connectivity index is -0.000000210. The van der Waals surface area contributed by atoms with Crippen LogP contribution >= 0.6 is 0 Å². The summed E-state index contributed by atoms with van der Waals surface area (Å²) in [5.41, 5.74) is 0.787. The molecule has 0 bridgehead atoms. The van der Waals surface area contributed by atoms with Crippen LogP contribution in [-0.2, 0) is 4.79 Å². The summed E-state index contributed by atoms with van der Waals surface area (Å²) in [5, 5.41) is 2.75. The van der Waals surface area contributed by atoms with Crippen LogP contribution in [0.2, 0.25) is 0 Å². The smallest absolute Gasteiger partial charge is 0.193 e. The van der Waals surface area contributed by atoms with Crippen molar-refractivity contribution in [3.63, 3.8) is 0 Å². The van der Waals surface area contributed by atoms with Gasteiger partial charge in [0.1, 0.15) is 12.4 Å². The first-order valence-electron chi connectivity index (χ1n) is 9.05. The Kier molecular flexibility index (Phi) is 37.3. The first-order chi connectivity index (χ1) is 12.1. The summed E-state index contributed by atoms with van der Waals surface area (Å²) in [4.78, 5) is 12.2. The first-order valence-corrected chi connectivity index (χ1v) is 9.05. The highest BCUT2D eigenvalue weighted by Gasteiger charge is 1.95. The topological polar surface area (TPSA) is 41.6 Å². The second-order valence-electron chi connectivity index (χ2n) is 4.07. The van der Waals surface area contributed by atoms with Crippen LogP contribution in [0.5, 0.6) is 5.75 Å². The largest absolute Gasteiger partial charge is 0.492 e. The summed E-state index contributed by atoms with van der Waals surface area (Å²) >= 11 is 0. The van der Waals surface area contributed by atoms with E-state index in [4.69, 9.17) is 4.74 Å². The summed E-state index contributed by atoms with van der Waals surface area (Å²) in [6, 6.07) is 7.41. The normalized spacial score (nSPS) is 7.48. The van der Waals surface area contributed by atoms with Gasteiger partial charge in [0, 0.05) is 12.1 Å². The molecule has 0 aliphatic heterocycles. The molecule has 0 saturated carbocycles. The van der Waals surface area contributed by atoms with Crippen molar-refractivity contribution < 1.29 is 9.53 Å². The number of nitrogens with one attached hydrogen (secondary N) is 1. The predicted octanol–water partition coefficient (Wildman–Crippen LogP) is 4.09. The monoisotopic (exact) mass is 352 g/mol. The molecule has 0 heterocycles. The van der Waals surface area contributed by atoms with E-state index in [0.717, 1.165) is 17.9 Å². The van der Waals surface area contributed by atoms with E-state index in [-0.39, 0.29) is 0 Å². The fourth-order valence-electron chi connectivity index (χ4n) is 1.12. The molecular formula is C21H40N2O2. The average Bonchev–Trinajstić information content (AvgIpc) is 2.66. The number of rotatable bonds is 4. The second-order valence-corrected chi connectivity index (χ2v) is 4.07. The quantitative estimate of drug-likeness (QED) is 0.654. The van der Waals surface area contributed by atoms with Gasteiger partial charge in [0.25, 0.3) is 0 Å². The lowest BCUT2D eigenvalue weighted by molar-refractivity contribution is -0.103. The standard InChI is InChI=1S/C13H15NO2.C2H7N.3C2H6/c1-14(2)8-10-16-13-7-3-5-12(11-13)6-4-9-15;1-3-2;3*1-2/h3,5,7,9,11H,8,10H2,1-2H3;3H,1-2H3;3*1-2H3. The summed E-state index contributed by atoms with van der Waals surface area (Å²) in [7, 11) is 7.74. The van der Waals surface area contributed by atoms with E-state index in [0.29, 0.717) is 12.9 Å². The Morgan fingerprint density at radius 2 is 1.60 bits per heavy atom. The van der Waals surface area contributed by atoms with Gasteiger partial charge in [0.2, 0.25) is 0 Å². The zero-order valence-corrected chi connectivity index (χ0v) is 18.1. The minimum Gasteiger partial charge on any atom is -0.492 e. The molecule has 0 amide bonds. The molecule has 4 heteroatoms. The average molecular weight is 353 g/mol.